The molecule has 0 aliphatic heterocycles. The van der Waals surface area contributed by atoms with Crippen molar-refractivity contribution in [3.8, 4) is 5.75 Å². The zero-order chi connectivity index (χ0) is 18.4. The largest absolute Gasteiger partial charge is 0.496 e. The molecular weight excluding hydrogens is 340 g/mol. The van der Waals surface area contributed by atoms with Gasteiger partial charge in [0.2, 0.25) is 15.9 Å². The van der Waals surface area contributed by atoms with Crippen LogP contribution >= 0.6 is 0 Å². The van der Waals surface area contributed by atoms with Gasteiger partial charge in [0.1, 0.15) is 5.75 Å². The molecule has 0 heterocycles. The summed E-state index contributed by atoms with van der Waals surface area (Å²) < 4.78 is 33.1. The second-order valence-corrected chi connectivity index (χ2v) is 7.35. The minimum Gasteiger partial charge on any atom is -0.496 e. The SMILES string of the molecule is COc1ccccc1[C@H](C)NS(=O)(=O)c1ccc(CNC(C)=O)cc1. The summed E-state index contributed by atoms with van der Waals surface area (Å²) in [6.07, 6.45) is 0. The topological polar surface area (TPSA) is 84.5 Å². The fourth-order valence-electron chi connectivity index (χ4n) is 2.40. The van der Waals surface area contributed by atoms with Crippen LogP contribution in [0.1, 0.15) is 31.0 Å². The first-order valence-electron chi connectivity index (χ1n) is 7.82. The maximum Gasteiger partial charge on any atom is 0.241 e. The number of hydrogen-bond acceptors (Lipinski definition) is 4. The quantitative estimate of drug-likeness (QED) is 0.792. The Labute approximate surface area is 148 Å². The molecular formula is C18H22N2O4S. The summed E-state index contributed by atoms with van der Waals surface area (Å²) in [6, 6.07) is 13.2. The highest BCUT2D eigenvalue weighted by Crippen LogP contribution is 2.25. The van der Waals surface area contributed by atoms with Gasteiger partial charge in [-0.2, -0.15) is 0 Å². The second-order valence-electron chi connectivity index (χ2n) is 5.64. The molecule has 1 amide bonds. The molecule has 2 aromatic carbocycles. The number of benzene rings is 2. The van der Waals surface area contributed by atoms with E-state index in [0.29, 0.717) is 12.3 Å². The number of carbonyl (C=O) groups is 1. The van der Waals surface area contributed by atoms with Gasteiger partial charge in [0.15, 0.2) is 0 Å². The van der Waals surface area contributed by atoms with E-state index < -0.39 is 16.1 Å². The molecule has 0 saturated heterocycles. The number of amides is 1. The lowest BCUT2D eigenvalue weighted by Crippen LogP contribution is -2.27. The molecule has 0 aliphatic rings. The minimum atomic E-state index is -3.67. The Morgan fingerprint density at radius 2 is 1.76 bits per heavy atom. The highest BCUT2D eigenvalue weighted by atomic mass is 32.2. The van der Waals surface area contributed by atoms with Gasteiger partial charge in [-0.25, -0.2) is 13.1 Å². The number of ether oxygens (including phenoxy) is 1. The van der Waals surface area contributed by atoms with Crippen LogP contribution in [-0.4, -0.2) is 21.4 Å². The molecule has 0 saturated carbocycles. The maximum atomic E-state index is 12.6. The van der Waals surface area contributed by atoms with Crippen LogP contribution in [0.25, 0.3) is 0 Å². The van der Waals surface area contributed by atoms with Crippen molar-refractivity contribution in [2.75, 3.05) is 7.11 Å². The lowest BCUT2D eigenvalue weighted by atomic mass is 10.1. The number of nitrogens with one attached hydrogen (secondary N) is 2. The van der Waals surface area contributed by atoms with Gasteiger partial charge < -0.3 is 10.1 Å². The summed E-state index contributed by atoms with van der Waals surface area (Å²) >= 11 is 0. The Morgan fingerprint density at radius 3 is 2.36 bits per heavy atom. The lowest BCUT2D eigenvalue weighted by Gasteiger charge is -2.17. The second kappa shape index (κ2) is 8.13. The Kier molecular flexibility index (Phi) is 6.17. The van der Waals surface area contributed by atoms with Gasteiger partial charge in [-0.15, -0.1) is 0 Å². The van der Waals surface area contributed by atoms with Crippen molar-refractivity contribution in [1.82, 2.24) is 10.0 Å². The molecule has 0 aromatic heterocycles. The summed E-state index contributed by atoms with van der Waals surface area (Å²) in [5.74, 6) is 0.493. The Morgan fingerprint density at radius 1 is 1.12 bits per heavy atom. The highest BCUT2D eigenvalue weighted by Gasteiger charge is 2.20. The molecule has 0 spiro atoms. The van der Waals surface area contributed by atoms with E-state index in [1.165, 1.54) is 19.1 Å². The van der Waals surface area contributed by atoms with Gasteiger partial charge in [0.25, 0.3) is 0 Å². The average Bonchev–Trinajstić information content (AvgIpc) is 2.59. The number of rotatable bonds is 7. The van der Waals surface area contributed by atoms with E-state index in [1.54, 1.807) is 32.2 Å². The van der Waals surface area contributed by atoms with Crippen molar-refractivity contribution in [2.45, 2.75) is 31.3 Å². The molecule has 7 heteroatoms. The van der Waals surface area contributed by atoms with Gasteiger partial charge in [-0.3, -0.25) is 4.79 Å². The number of para-hydroxylation sites is 1. The fraction of sp³-hybridized carbons (Fsp3) is 0.278. The van der Waals surface area contributed by atoms with E-state index >= 15 is 0 Å². The van der Waals surface area contributed by atoms with Gasteiger partial charge >= 0.3 is 0 Å². The van der Waals surface area contributed by atoms with Gasteiger partial charge in [-0.05, 0) is 30.7 Å². The molecule has 0 radical (unpaired) electrons. The summed E-state index contributed by atoms with van der Waals surface area (Å²) in [5.41, 5.74) is 1.59. The van der Waals surface area contributed by atoms with E-state index in [-0.39, 0.29) is 10.8 Å². The van der Waals surface area contributed by atoms with Crippen LogP contribution in [0.3, 0.4) is 0 Å². The van der Waals surface area contributed by atoms with Crippen LogP contribution in [0.2, 0.25) is 0 Å². The molecule has 134 valence electrons. The molecule has 0 bridgehead atoms. The van der Waals surface area contributed by atoms with E-state index in [1.807, 2.05) is 18.2 Å². The molecule has 2 N–H and O–H groups in total. The minimum absolute atomic E-state index is 0.135. The van der Waals surface area contributed by atoms with Crippen molar-refractivity contribution < 1.29 is 17.9 Å². The molecule has 0 aliphatic carbocycles. The first-order chi connectivity index (χ1) is 11.8. The van der Waals surface area contributed by atoms with Crippen LogP contribution < -0.4 is 14.8 Å². The van der Waals surface area contributed by atoms with Crippen molar-refractivity contribution in [2.24, 2.45) is 0 Å². The summed E-state index contributed by atoms with van der Waals surface area (Å²) in [4.78, 5) is 11.1. The van der Waals surface area contributed by atoms with Gasteiger partial charge in [-0.1, -0.05) is 30.3 Å². The third kappa shape index (κ3) is 5.04. The van der Waals surface area contributed by atoms with E-state index in [0.717, 1.165) is 11.1 Å². The number of carbonyl (C=O) groups excluding carboxylic acids is 1. The van der Waals surface area contributed by atoms with Crippen molar-refractivity contribution in [1.29, 1.82) is 0 Å². The summed E-state index contributed by atoms with van der Waals surface area (Å²) in [7, 11) is -2.12. The monoisotopic (exact) mass is 362 g/mol. The van der Waals surface area contributed by atoms with E-state index in [2.05, 4.69) is 10.0 Å². The molecule has 2 aromatic rings. The third-order valence-corrected chi connectivity index (χ3v) is 5.27. The summed E-state index contributed by atoms with van der Waals surface area (Å²) in [5, 5.41) is 2.67. The van der Waals surface area contributed by atoms with E-state index in [9.17, 15) is 13.2 Å². The number of methoxy groups -OCH3 is 1. The van der Waals surface area contributed by atoms with Crippen LogP contribution in [0.5, 0.6) is 5.75 Å². The van der Waals surface area contributed by atoms with Crippen molar-refractivity contribution >= 4 is 15.9 Å². The third-order valence-electron chi connectivity index (χ3n) is 3.71. The number of hydrogen-bond donors (Lipinski definition) is 2. The Balaban J connectivity index is 2.14. The first-order valence-corrected chi connectivity index (χ1v) is 9.30. The van der Waals surface area contributed by atoms with Crippen LogP contribution in [0, 0.1) is 0 Å². The van der Waals surface area contributed by atoms with Crippen LogP contribution in [0.4, 0.5) is 0 Å². The average molecular weight is 362 g/mol. The maximum absolute atomic E-state index is 12.6. The highest BCUT2D eigenvalue weighted by molar-refractivity contribution is 7.89. The molecule has 6 nitrogen and oxygen atoms in total. The lowest BCUT2D eigenvalue weighted by molar-refractivity contribution is -0.119. The van der Waals surface area contributed by atoms with Gasteiger partial charge in [0.05, 0.1) is 12.0 Å². The predicted octanol–water partition coefficient (Wildman–Crippen LogP) is 2.37. The smallest absolute Gasteiger partial charge is 0.241 e. The van der Waals surface area contributed by atoms with E-state index in [4.69, 9.17) is 4.74 Å². The number of sulfonamides is 1. The fourth-order valence-corrected chi connectivity index (χ4v) is 3.62. The molecule has 0 fully saturated rings. The standard InChI is InChI=1S/C18H22N2O4S/c1-13(17-6-4-5-7-18(17)24-3)20-25(22,23)16-10-8-15(9-11-16)12-19-14(2)21/h4-11,13,20H,12H2,1-3H3,(H,19,21)/t13-/m0/s1. The molecule has 2 rings (SSSR count). The normalized spacial score (nSPS) is 12.4. The van der Waals surface area contributed by atoms with Gasteiger partial charge in [0, 0.05) is 25.1 Å². The van der Waals surface area contributed by atoms with Crippen LogP contribution in [0.15, 0.2) is 53.4 Å². The zero-order valence-electron chi connectivity index (χ0n) is 14.4. The van der Waals surface area contributed by atoms with Crippen molar-refractivity contribution in [3.63, 3.8) is 0 Å². The predicted molar refractivity (Wildman–Crippen MR) is 95.7 cm³/mol. The molecule has 25 heavy (non-hydrogen) atoms. The Hall–Kier alpha value is -2.38. The first kappa shape index (κ1) is 19.0. The Bertz CT molecular complexity index is 832. The molecule has 0 unspecified atom stereocenters. The zero-order valence-corrected chi connectivity index (χ0v) is 15.3. The molecule has 1 atom stereocenters. The van der Waals surface area contributed by atoms with Crippen molar-refractivity contribution in [3.05, 3.63) is 59.7 Å². The summed E-state index contributed by atoms with van der Waals surface area (Å²) in [6.45, 7) is 3.56. The van der Waals surface area contributed by atoms with Crippen LogP contribution in [-0.2, 0) is 21.4 Å².